The first kappa shape index (κ1) is 11.8. The van der Waals surface area contributed by atoms with Gasteiger partial charge in [0.05, 0.1) is 13.2 Å². The molecule has 2 atom stereocenters. The first-order chi connectivity index (χ1) is 5.66. The third-order valence-electron chi connectivity index (χ3n) is 1.51. The summed E-state index contributed by atoms with van der Waals surface area (Å²) < 4.78 is 5.45. The van der Waals surface area contributed by atoms with Crippen molar-refractivity contribution < 1.29 is 10.1 Å². The first-order valence-electron chi connectivity index (χ1n) is 4.55. The zero-order valence-electron chi connectivity index (χ0n) is 8.12. The van der Waals surface area contributed by atoms with Gasteiger partial charge in [-0.1, -0.05) is 0 Å². The fourth-order valence-electron chi connectivity index (χ4n) is 0.854. The van der Waals surface area contributed by atoms with Gasteiger partial charge in [0.15, 0.2) is 0 Å². The van der Waals surface area contributed by atoms with Crippen molar-refractivity contribution in [1.29, 1.82) is 0 Å². The lowest BCUT2D eigenvalue weighted by atomic mass is 10.3. The van der Waals surface area contributed by atoms with Crippen LogP contribution in [0.2, 0.25) is 0 Å². The largest absolute Gasteiger partial charge is 0.371 e. The minimum Gasteiger partial charge on any atom is -0.371 e. The maximum absolute atomic E-state index is 5.54. The van der Waals surface area contributed by atoms with Gasteiger partial charge in [-0.25, -0.2) is 0 Å². The average Bonchev–Trinajstić information content (AvgIpc) is 2.01. The quantitative estimate of drug-likeness (QED) is 0.403. The highest BCUT2D eigenvalue weighted by molar-refractivity contribution is 4.52. The first-order valence-corrected chi connectivity index (χ1v) is 4.55. The Morgan fingerprint density at radius 1 is 1.42 bits per heavy atom. The van der Waals surface area contributed by atoms with Crippen LogP contribution < -0.4 is 16.8 Å². The Balaban J connectivity index is 3.15. The van der Waals surface area contributed by atoms with Crippen molar-refractivity contribution in [2.45, 2.75) is 26.0 Å². The van der Waals surface area contributed by atoms with Crippen LogP contribution >= 0.6 is 0 Å². The van der Waals surface area contributed by atoms with Gasteiger partial charge in [-0.3, -0.25) is 0 Å². The van der Waals surface area contributed by atoms with Gasteiger partial charge < -0.3 is 21.5 Å². The molecular weight excluding hydrogens is 154 g/mol. The Hall–Kier alpha value is -0.160. The van der Waals surface area contributed by atoms with E-state index in [-0.39, 0.29) is 12.1 Å². The van der Waals surface area contributed by atoms with Crippen molar-refractivity contribution in [2.24, 2.45) is 11.5 Å². The summed E-state index contributed by atoms with van der Waals surface area (Å²) in [7, 11) is 0. The van der Waals surface area contributed by atoms with E-state index in [0.717, 1.165) is 19.6 Å². The maximum Gasteiger partial charge on any atom is 0.103 e. The number of nitrogens with two attached hydrogens (primary N) is 3. The molecule has 0 aromatic carbocycles. The molecule has 0 aromatic heterocycles. The average molecular weight is 176 g/mol. The molecule has 0 aliphatic carbocycles. The van der Waals surface area contributed by atoms with E-state index >= 15 is 0 Å². The van der Waals surface area contributed by atoms with E-state index < -0.39 is 0 Å². The molecule has 0 heterocycles. The van der Waals surface area contributed by atoms with Crippen molar-refractivity contribution in [3.63, 3.8) is 0 Å². The van der Waals surface area contributed by atoms with Gasteiger partial charge in [0.25, 0.3) is 0 Å². The molecule has 2 unspecified atom stereocenters. The van der Waals surface area contributed by atoms with Crippen molar-refractivity contribution >= 4 is 0 Å². The second kappa shape index (κ2) is 7.49. The summed E-state index contributed by atoms with van der Waals surface area (Å²) in [4.78, 5) is 0. The van der Waals surface area contributed by atoms with Gasteiger partial charge in [-0.05, 0) is 13.8 Å². The fourth-order valence-corrected chi connectivity index (χ4v) is 0.854. The minimum atomic E-state index is 0.127. The summed E-state index contributed by atoms with van der Waals surface area (Å²) in [5, 5.41) is 2.16. The number of hydrogen-bond acceptors (Lipinski definition) is 3. The highest BCUT2D eigenvalue weighted by atomic mass is 16.5. The summed E-state index contributed by atoms with van der Waals surface area (Å²) in [5.74, 6) is 0. The molecule has 6 N–H and O–H groups in total. The zero-order valence-corrected chi connectivity index (χ0v) is 8.12. The lowest BCUT2D eigenvalue weighted by molar-refractivity contribution is -0.658. The van der Waals surface area contributed by atoms with Crippen molar-refractivity contribution in [2.75, 3.05) is 26.2 Å². The number of quaternary nitrogens is 1. The maximum atomic E-state index is 5.54. The van der Waals surface area contributed by atoms with Crippen molar-refractivity contribution in [1.82, 2.24) is 0 Å². The van der Waals surface area contributed by atoms with Gasteiger partial charge in [0.2, 0.25) is 0 Å². The van der Waals surface area contributed by atoms with Gasteiger partial charge in [0, 0.05) is 12.6 Å². The molecule has 0 bridgehead atoms. The van der Waals surface area contributed by atoms with Crippen LogP contribution in [0.4, 0.5) is 0 Å². The van der Waals surface area contributed by atoms with E-state index in [1.165, 1.54) is 0 Å². The standard InChI is InChI=1S/C8H21N3O/c1-7(10)6-12-8(2)5-11-4-3-9/h7-8,11H,3-6,9-10H2,1-2H3/p+1. The molecule has 74 valence electrons. The molecule has 0 aliphatic rings. The molecule has 0 radical (unpaired) electrons. The minimum absolute atomic E-state index is 0.127. The van der Waals surface area contributed by atoms with Crippen LogP contribution in [0.5, 0.6) is 0 Å². The highest BCUT2D eigenvalue weighted by Gasteiger charge is 2.04. The normalized spacial score (nSPS) is 16.0. The van der Waals surface area contributed by atoms with Gasteiger partial charge in [-0.15, -0.1) is 0 Å². The molecule has 0 rings (SSSR count). The lowest BCUT2D eigenvalue weighted by Crippen LogP contribution is -2.87. The van der Waals surface area contributed by atoms with Crippen molar-refractivity contribution in [3.8, 4) is 0 Å². The monoisotopic (exact) mass is 176 g/mol. The van der Waals surface area contributed by atoms with Gasteiger partial charge >= 0.3 is 0 Å². The number of hydrogen-bond donors (Lipinski definition) is 3. The molecule has 0 fully saturated rings. The highest BCUT2D eigenvalue weighted by Crippen LogP contribution is 1.87. The van der Waals surface area contributed by atoms with E-state index in [9.17, 15) is 0 Å². The summed E-state index contributed by atoms with van der Waals surface area (Å²) in [6.45, 7) is 7.28. The Morgan fingerprint density at radius 2 is 2.08 bits per heavy atom. The van der Waals surface area contributed by atoms with Crippen LogP contribution in [-0.4, -0.2) is 38.4 Å². The lowest BCUT2D eigenvalue weighted by Gasteiger charge is -2.13. The summed E-state index contributed by atoms with van der Waals surface area (Å²) in [6.07, 6.45) is 0.266. The Kier molecular flexibility index (Phi) is 7.39. The fraction of sp³-hybridized carbons (Fsp3) is 1.00. The summed E-state index contributed by atoms with van der Waals surface area (Å²) >= 11 is 0. The molecule has 0 saturated carbocycles. The van der Waals surface area contributed by atoms with E-state index in [0.29, 0.717) is 6.61 Å². The molecule has 0 aromatic rings. The third-order valence-corrected chi connectivity index (χ3v) is 1.51. The smallest absolute Gasteiger partial charge is 0.103 e. The Morgan fingerprint density at radius 3 is 2.58 bits per heavy atom. The van der Waals surface area contributed by atoms with Crippen LogP contribution in [0.15, 0.2) is 0 Å². The molecule has 0 aliphatic heterocycles. The van der Waals surface area contributed by atoms with Crippen LogP contribution in [0.25, 0.3) is 0 Å². The molecule has 4 nitrogen and oxygen atoms in total. The third kappa shape index (κ3) is 7.94. The van der Waals surface area contributed by atoms with Crippen LogP contribution in [0.3, 0.4) is 0 Å². The predicted molar refractivity (Wildman–Crippen MR) is 49.8 cm³/mol. The van der Waals surface area contributed by atoms with E-state index in [2.05, 4.69) is 12.2 Å². The predicted octanol–water partition coefficient (Wildman–Crippen LogP) is -1.74. The van der Waals surface area contributed by atoms with Crippen molar-refractivity contribution in [3.05, 3.63) is 0 Å². The van der Waals surface area contributed by atoms with E-state index in [4.69, 9.17) is 16.2 Å². The van der Waals surface area contributed by atoms with E-state index in [1.54, 1.807) is 0 Å². The van der Waals surface area contributed by atoms with Crippen LogP contribution in [0, 0.1) is 0 Å². The second-order valence-corrected chi connectivity index (χ2v) is 3.22. The van der Waals surface area contributed by atoms with Crippen LogP contribution in [0.1, 0.15) is 13.8 Å². The molecule has 4 heteroatoms. The second-order valence-electron chi connectivity index (χ2n) is 3.22. The zero-order chi connectivity index (χ0) is 9.40. The number of rotatable bonds is 7. The molecular formula is C8H22N3O+. The summed E-state index contributed by atoms with van der Waals surface area (Å²) in [5.41, 5.74) is 10.9. The van der Waals surface area contributed by atoms with Crippen LogP contribution in [-0.2, 0) is 4.74 Å². The number of ether oxygens (including phenoxy) is 1. The summed E-state index contributed by atoms with van der Waals surface area (Å²) in [6, 6.07) is 0.127. The topological polar surface area (TPSA) is 77.9 Å². The van der Waals surface area contributed by atoms with E-state index in [1.807, 2.05) is 6.92 Å². The molecule has 0 spiro atoms. The Bertz CT molecular complexity index is 98.3. The SMILES string of the molecule is CC(N)COC(C)C[NH2+]CCN. The Labute approximate surface area is 74.6 Å². The van der Waals surface area contributed by atoms with Gasteiger partial charge in [-0.2, -0.15) is 0 Å². The molecule has 12 heavy (non-hydrogen) atoms. The van der Waals surface area contributed by atoms with Gasteiger partial charge in [0.1, 0.15) is 12.6 Å². The molecule has 0 saturated heterocycles. The molecule has 0 amide bonds.